The third-order valence-electron chi connectivity index (χ3n) is 3.28. The van der Waals surface area contributed by atoms with Gasteiger partial charge in [-0.2, -0.15) is 0 Å². The van der Waals surface area contributed by atoms with E-state index in [1.54, 1.807) is 12.1 Å². The van der Waals surface area contributed by atoms with E-state index in [2.05, 4.69) is 0 Å². The normalized spacial score (nSPS) is 12.4. The molecule has 2 rings (SSSR count). The Balaban J connectivity index is 2.51. The molecule has 1 atom stereocenters. The first-order valence-corrected chi connectivity index (χ1v) is 6.63. The van der Waals surface area contributed by atoms with E-state index in [-0.39, 0.29) is 5.75 Å². The lowest BCUT2D eigenvalue weighted by Gasteiger charge is -2.17. The lowest BCUT2D eigenvalue weighted by Crippen LogP contribution is -2.02. The van der Waals surface area contributed by atoms with Gasteiger partial charge in [-0.15, -0.1) is 0 Å². The van der Waals surface area contributed by atoms with Crippen LogP contribution in [0.15, 0.2) is 36.4 Å². The topological polar surface area (TPSA) is 20.2 Å². The van der Waals surface area contributed by atoms with Crippen LogP contribution in [0.1, 0.15) is 35.3 Å². The highest BCUT2D eigenvalue weighted by Crippen LogP contribution is 2.36. The van der Waals surface area contributed by atoms with E-state index in [9.17, 15) is 9.50 Å². The molecule has 1 N–H and O–H groups in total. The highest BCUT2D eigenvalue weighted by Gasteiger charge is 2.20. The molecule has 0 aromatic heterocycles. The predicted octanol–water partition coefficient (Wildman–Crippen LogP) is 4.98. The molecular weight excluding hydrogens is 263 g/mol. The minimum absolute atomic E-state index is 0.127. The standard InChI is InChI=1S/C16H16ClFO/c1-3-11-5-4-10(2)15(17)14(11)16(18)12-6-8-13(19)9-7-12/h4-9,16,19H,3H2,1-2H3. The van der Waals surface area contributed by atoms with Crippen molar-refractivity contribution in [3.05, 3.63) is 63.7 Å². The van der Waals surface area contributed by atoms with Crippen LogP contribution in [0.5, 0.6) is 5.75 Å². The molecule has 0 bridgehead atoms. The fourth-order valence-electron chi connectivity index (χ4n) is 2.13. The van der Waals surface area contributed by atoms with Gasteiger partial charge in [0.05, 0.1) is 5.02 Å². The number of hydrogen-bond acceptors (Lipinski definition) is 1. The maximum Gasteiger partial charge on any atom is 0.152 e. The lowest BCUT2D eigenvalue weighted by atomic mass is 9.94. The van der Waals surface area contributed by atoms with Crippen LogP contribution < -0.4 is 0 Å². The molecule has 0 saturated heterocycles. The Morgan fingerprint density at radius 1 is 1.16 bits per heavy atom. The molecule has 0 aliphatic rings. The molecule has 0 amide bonds. The highest BCUT2D eigenvalue weighted by atomic mass is 35.5. The number of rotatable bonds is 3. The second-order valence-corrected chi connectivity index (χ2v) is 4.95. The maximum absolute atomic E-state index is 14.7. The molecule has 3 heteroatoms. The summed E-state index contributed by atoms with van der Waals surface area (Å²) in [5.74, 6) is 0.127. The van der Waals surface area contributed by atoms with Crippen molar-refractivity contribution in [3.63, 3.8) is 0 Å². The van der Waals surface area contributed by atoms with Gasteiger partial charge in [-0.1, -0.05) is 42.8 Å². The average Bonchev–Trinajstić information content (AvgIpc) is 2.42. The van der Waals surface area contributed by atoms with Gasteiger partial charge in [0.15, 0.2) is 6.17 Å². The quantitative estimate of drug-likeness (QED) is 0.840. The van der Waals surface area contributed by atoms with Crippen molar-refractivity contribution in [2.75, 3.05) is 0 Å². The molecular formula is C16H16ClFO. The van der Waals surface area contributed by atoms with Gasteiger partial charge in [-0.25, -0.2) is 4.39 Å². The Morgan fingerprint density at radius 3 is 2.37 bits per heavy atom. The summed E-state index contributed by atoms with van der Waals surface area (Å²) in [6, 6.07) is 9.96. The third-order valence-corrected chi connectivity index (χ3v) is 3.78. The Bertz CT molecular complexity index is 578. The van der Waals surface area contributed by atoms with Crippen molar-refractivity contribution in [1.82, 2.24) is 0 Å². The molecule has 0 spiro atoms. The zero-order valence-electron chi connectivity index (χ0n) is 11.0. The third kappa shape index (κ3) is 2.74. The van der Waals surface area contributed by atoms with Gasteiger partial charge in [-0.05, 0) is 42.2 Å². The molecule has 100 valence electrons. The second kappa shape index (κ2) is 5.62. The molecule has 2 aromatic rings. The Morgan fingerprint density at radius 2 is 1.79 bits per heavy atom. The summed E-state index contributed by atoms with van der Waals surface area (Å²) >= 11 is 6.26. The second-order valence-electron chi connectivity index (χ2n) is 4.58. The summed E-state index contributed by atoms with van der Waals surface area (Å²) < 4.78 is 14.7. The van der Waals surface area contributed by atoms with Gasteiger partial charge < -0.3 is 5.11 Å². The van der Waals surface area contributed by atoms with Gasteiger partial charge in [0.25, 0.3) is 0 Å². The van der Waals surface area contributed by atoms with E-state index in [0.717, 1.165) is 17.5 Å². The van der Waals surface area contributed by atoms with Crippen molar-refractivity contribution >= 4 is 11.6 Å². The fraction of sp³-hybridized carbons (Fsp3) is 0.250. The van der Waals surface area contributed by atoms with Crippen LogP contribution in [0.2, 0.25) is 5.02 Å². The molecule has 0 heterocycles. The molecule has 1 nitrogen and oxygen atoms in total. The van der Waals surface area contributed by atoms with Crippen LogP contribution in [-0.2, 0) is 6.42 Å². The zero-order chi connectivity index (χ0) is 14.0. The van der Waals surface area contributed by atoms with Gasteiger partial charge in [0.1, 0.15) is 5.75 Å². The summed E-state index contributed by atoms with van der Waals surface area (Å²) in [7, 11) is 0. The first kappa shape index (κ1) is 13.9. The first-order valence-electron chi connectivity index (χ1n) is 6.25. The van der Waals surface area contributed by atoms with E-state index in [1.807, 2.05) is 26.0 Å². The van der Waals surface area contributed by atoms with Crippen LogP contribution in [0.3, 0.4) is 0 Å². The van der Waals surface area contributed by atoms with E-state index in [0.29, 0.717) is 16.1 Å². The van der Waals surface area contributed by atoms with Crippen molar-refractivity contribution in [2.24, 2.45) is 0 Å². The van der Waals surface area contributed by atoms with Crippen LogP contribution >= 0.6 is 11.6 Å². The Kier molecular flexibility index (Phi) is 4.11. The van der Waals surface area contributed by atoms with Gasteiger partial charge >= 0.3 is 0 Å². The van der Waals surface area contributed by atoms with E-state index >= 15 is 0 Å². The number of phenolic OH excluding ortho intramolecular Hbond substituents is 1. The molecule has 0 aliphatic heterocycles. The molecule has 1 unspecified atom stereocenters. The molecule has 2 aromatic carbocycles. The number of phenols is 1. The number of halogens is 2. The van der Waals surface area contributed by atoms with E-state index in [4.69, 9.17) is 11.6 Å². The van der Waals surface area contributed by atoms with Crippen LogP contribution in [-0.4, -0.2) is 5.11 Å². The Labute approximate surface area is 117 Å². The van der Waals surface area contributed by atoms with Crippen LogP contribution in [0, 0.1) is 6.92 Å². The lowest BCUT2D eigenvalue weighted by molar-refractivity contribution is 0.399. The zero-order valence-corrected chi connectivity index (χ0v) is 11.7. The van der Waals surface area contributed by atoms with Crippen molar-refractivity contribution in [3.8, 4) is 5.75 Å². The number of aromatic hydroxyl groups is 1. The van der Waals surface area contributed by atoms with Crippen LogP contribution in [0.25, 0.3) is 0 Å². The summed E-state index contributed by atoms with van der Waals surface area (Å²) in [6.45, 7) is 3.85. The minimum Gasteiger partial charge on any atom is -0.508 e. The monoisotopic (exact) mass is 278 g/mol. The fourth-order valence-corrected chi connectivity index (χ4v) is 2.41. The molecule has 0 radical (unpaired) electrons. The summed E-state index contributed by atoms with van der Waals surface area (Å²) in [5, 5.41) is 9.75. The predicted molar refractivity (Wildman–Crippen MR) is 76.6 cm³/mol. The van der Waals surface area contributed by atoms with Gasteiger partial charge in [0.2, 0.25) is 0 Å². The van der Waals surface area contributed by atoms with Gasteiger partial charge in [-0.3, -0.25) is 0 Å². The van der Waals surface area contributed by atoms with E-state index in [1.165, 1.54) is 12.1 Å². The largest absolute Gasteiger partial charge is 0.508 e. The summed E-state index contributed by atoms with van der Waals surface area (Å²) in [6.07, 6.45) is -0.545. The molecule has 19 heavy (non-hydrogen) atoms. The first-order chi connectivity index (χ1) is 9.04. The Hall–Kier alpha value is -1.54. The number of benzene rings is 2. The highest BCUT2D eigenvalue weighted by molar-refractivity contribution is 6.32. The van der Waals surface area contributed by atoms with Crippen LogP contribution in [0.4, 0.5) is 4.39 Å². The SMILES string of the molecule is CCc1ccc(C)c(Cl)c1C(F)c1ccc(O)cc1. The van der Waals surface area contributed by atoms with Crippen molar-refractivity contribution in [1.29, 1.82) is 0 Å². The molecule has 0 aliphatic carbocycles. The summed E-state index contributed by atoms with van der Waals surface area (Å²) in [4.78, 5) is 0. The minimum atomic E-state index is -1.28. The number of hydrogen-bond donors (Lipinski definition) is 1. The summed E-state index contributed by atoms with van der Waals surface area (Å²) in [5.41, 5.74) is 2.82. The van der Waals surface area contributed by atoms with E-state index < -0.39 is 6.17 Å². The molecule has 0 fully saturated rings. The van der Waals surface area contributed by atoms with Gasteiger partial charge in [0, 0.05) is 5.56 Å². The average molecular weight is 279 g/mol. The number of aryl methyl sites for hydroxylation is 2. The number of alkyl halides is 1. The van der Waals surface area contributed by atoms with Crippen molar-refractivity contribution < 1.29 is 9.50 Å². The smallest absolute Gasteiger partial charge is 0.152 e. The van der Waals surface area contributed by atoms with Crippen molar-refractivity contribution in [2.45, 2.75) is 26.4 Å². The maximum atomic E-state index is 14.7. The molecule has 0 saturated carbocycles.